The molecule has 0 saturated heterocycles. The second-order valence-electron chi connectivity index (χ2n) is 8.01. The number of aromatic nitrogens is 1. The van der Waals surface area contributed by atoms with Gasteiger partial charge in [0, 0.05) is 22.2 Å². The first-order valence-corrected chi connectivity index (χ1v) is 12.1. The number of nitrogens with zero attached hydrogens (tertiary/aromatic N) is 1. The largest absolute Gasteiger partial charge is 0.455 e. The summed E-state index contributed by atoms with van der Waals surface area (Å²) >= 11 is 7.73. The number of hydrogen-bond donors (Lipinski definition) is 1. The number of carbonyl (C=O) groups excluding carboxylic acids is 1. The summed E-state index contributed by atoms with van der Waals surface area (Å²) in [4.78, 5) is 17.3. The zero-order valence-corrected chi connectivity index (χ0v) is 17.4. The number of furan rings is 1. The van der Waals surface area contributed by atoms with Crippen molar-refractivity contribution in [3.8, 4) is 0 Å². The molecule has 6 rings (SSSR count). The van der Waals surface area contributed by atoms with E-state index in [0.717, 1.165) is 40.7 Å². The van der Waals surface area contributed by atoms with E-state index in [9.17, 15) is 13.2 Å². The topological polar surface area (TPSA) is 89.3 Å². The highest BCUT2D eigenvalue weighted by Gasteiger charge is 2.70. The minimum Gasteiger partial charge on any atom is -0.455 e. The first-order chi connectivity index (χ1) is 13.2. The molecule has 28 heavy (non-hydrogen) atoms. The van der Waals surface area contributed by atoms with Gasteiger partial charge in [0.25, 0.3) is 5.91 Å². The summed E-state index contributed by atoms with van der Waals surface area (Å²) in [5, 5.41) is 4.87. The van der Waals surface area contributed by atoms with Crippen LogP contribution in [0.3, 0.4) is 0 Å². The number of sulfone groups is 1. The molecule has 2 heterocycles. The molecule has 0 radical (unpaired) electrons. The number of hydrogen-bond acceptors (Lipinski definition) is 6. The normalized spacial score (nSPS) is 25.9. The van der Waals surface area contributed by atoms with Gasteiger partial charge in [-0.2, -0.15) is 0 Å². The van der Waals surface area contributed by atoms with Crippen LogP contribution in [0.4, 0.5) is 0 Å². The molecule has 3 saturated carbocycles. The summed E-state index contributed by atoms with van der Waals surface area (Å²) in [5.41, 5.74) is 0.797. The van der Waals surface area contributed by atoms with Crippen molar-refractivity contribution in [3.05, 3.63) is 51.9 Å². The zero-order chi connectivity index (χ0) is 19.7. The van der Waals surface area contributed by atoms with Crippen molar-refractivity contribution in [2.45, 2.75) is 36.0 Å². The number of halogens is 1. The number of carbonyl (C=O) groups is 1. The summed E-state index contributed by atoms with van der Waals surface area (Å²) in [6.45, 7) is 0. The number of benzene rings is 1. The zero-order valence-electron chi connectivity index (χ0n) is 15.0. The van der Waals surface area contributed by atoms with Crippen molar-refractivity contribution in [2.75, 3.05) is 6.26 Å². The quantitative estimate of drug-likeness (QED) is 0.658. The summed E-state index contributed by atoms with van der Waals surface area (Å²) in [7, 11) is -3.20. The summed E-state index contributed by atoms with van der Waals surface area (Å²) in [6, 6.07) is 8.77. The molecule has 1 amide bonds. The monoisotopic (exact) mass is 436 g/mol. The van der Waals surface area contributed by atoms with Gasteiger partial charge >= 0.3 is 0 Å². The van der Waals surface area contributed by atoms with E-state index < -0.39 is 9.84 Å². The average Bonchev–Trinajstić information content (AvgIpc) is 3.13. The lowest BCUT2D eigenvalue weighted by Gasteiger charge is -2.69. The van der Waals surface area contributed by atoms with Crippen molar-refractivity contribution in [3.63, 3.8) is 0 Å². The minimum atomic E-state index is -3.20. The lowest BCUT2D eigenvalue weighted by molar-refractivity contribution is -0.0811. The maximum Gasteiger partial charge on any atom is 0.287 e. The maximum absolute atomic E-state index is 12.5. The van der Waals surface area contributed by atoms with Gasteiger partial charge in [-0.1, -0.05) is 11.6 Å². The van der Waals surface area contributed by atoms with Crippen LogP contribution in [0.15, 0.2) is 34.7 Å². The predicted molar refractivity (Wildman–Crippen MR) is 108 cm³/mol. The van der Waals surface area contributed by atoms with E-state index in [1.54, 1.807) is 11.3 Å². The molecule has 1 aromatic carbocycles. The Balaban J connectivity index is 1.26. The molecule has 1 N–H and O–H groups in total. The second kappa shape index (κ2) is 5.81. The lowest BCUT2D eigenvalue weighted by Crippen LogP contribution is -2.76. The van der Waals surface area contributed by atoms with Gasteiger partial charge in [0.05, 0.1) is 10.2 Å². The average molecular weight is 437 g/mol. The minimum absolute atomic E-state index is 0.0497. The van der Waals surface area contributed by atoms with Crippen LogP contribution in [-0.4, -0.2) is 31.1 Å². The SMILES string of the molecule is CS(=O)(=O)Cc1ccc(C(=O)NC23CC(c4nc5ccc(Cl)cc5s4)(C2)C3)o1. The van der Waals surface area contributed by atoms with Crippen LogP contribution in [-0.2, 0) is 21.0 Å². The van der Waals surface area contributed by atoms with Crippen molar-refractivity contribution < 1.29 is 17.6 Å². The van der Waals surface area contributed by atoms with E-state index in [4.69, 9.17) is 21.0 Å². The van der Waals surface area contributed by atoms with Crippen molar-refractivity contribution in [2.24, 2.45) is 0 Å². The molecule has 3 aliphatic rings. The van der Waals surface area contributed by atoms with E-state index in [1.165, 1.54) is 12.1 Å². The number of nitrogens with one attached hydrogen (secondary N) is 1. The molecule has 0 spiro atoms. The highest BCUT2D eigenvalue weighted by atomic mass is 35.5. The van der Waals surface area contributed by atoms with E-state index >= 15 is 0 Å². The Kier molecular flexibility index (Phi) is 3.76. The van der Waals surface area contributed by atoms with Gasteiger partial charge in [0.15, 0.2) is 15.6 Å². The fourth-order valence-corrected chi connectivity index (χ4v) is 6.51. The Morgan fingerprint density at radius 3 is 2.75 bits per heavy atom. The van der Waals surface area contributed by atoms with Crippen LogP contribution in [0, 0.1) is 0 Å². The standard InChI is InChI=1S/C19H17ClN2O4S2/c1-28(24,25)7-12-3-5-14(26-12)16(23)22-19-8-18(9-19,10-19)17-21-13-4-2-11(20)6-15(13)27-17/h2-6H,7-10H2,1H3,(H,22,23). The van der Waals surface area contributed by atoms with Gasteiger partial charge in [-0.3, -0.25) is 4.79 Å². The van der Waals surface area contributed by atoms with Crippen LogP contribution in [0.5, 0.6) is 0 Å². The van der Waals surface area contributed by atoms with E-state index in [0.29, 0.717) is 5.02 Å². The molecule has 3 fully saturated rings. The summed E-state index contributed by atoms with van der Waals surface area (Å²) in [6.07, 6.45) is 3.70. The third kappa shape index (κ3) is 2.94. The van der Waals surface area contributed by atoms with Gasteiger partial charge < -0.3 is 9.73 Å². The molecule has 0 atom stereocenters. The Bertz CT molecular complexity index is 1210. The van der Waals surface area contributed by atoms with Crippen molar-refractivity contribution in [1.29, 1.82) is 0 Å². The van der Waals surface area contributed by atoms with E-state index in [2.05, 4.69) is 5.32 Å². The first kappa shape index (κ1) is 18.1. The third-order valence-corrected chi connectivity index (χ3v) is 7.81. The van der Waals surface area contributed by atoms with E-state index in [1.807, 2.05) is 18.2 Å². The van der Waals surface area contributed by atoms with Crippen molar-refractivity contribution >= 4 is 48.9 Å². The van der Waals surface area contributed by atoms with Crippen LogP contribution >= 0.6 is 22.9 Å². The van der Waals surface area contributed by atoms with Gasteiger partial charge in [-0.05, 0) is 49.6 Å². The molecule has 2 bridgehead atoms. The lowest BCUT2D eigenvalue weighted by atomic mass is 9.39. The fourth-order valence-electron chi connectivity index (χ4n) is 4.41. The highest BCUT2D eigenvalue weighted by Crippen LogP contribution is 2.68. The maximum atomic E-state index is 12.5. The molecule has 0 unspecified atom stereocenters. The van der Waals surface area contributed by atoms with Crippen LogP contribution in [0.2, 0.25) is 5.02 Å². The Hall–Kier alpha value is -1.90. The molecule has 3 aromatic rings. The Labute approximate surface area is 170 Å². The first-order valence-electron chi connectivity index (χ1n) is 8.81. The van der Waals surface area contributed by atoms with Crippen LogP contribution in [0.1, 0.15) is 40.6 Å². The van der Waals surface area contributed by atoms with Gasteiger partial charge in [0.1, 0.15) is 16.5 Å². The third-order valence-electron chi connectivity index (χ3n) is 5.50. The van der Waals surface area contributed by atoms with Crippen molar-refractivity contribution in [1.82, 2.24) is 10.3 Å². The molecular formula is C19H17ClN2O4S2. The van der Waals surface area contributed by atoms with Gasteiger partial charge in [-0.15, -0.1) is 11.3 Å². The smallest absolute Gasteiger partial charge is 0.287 e. The second-order valence-corrected chi connectivity index (χ2v) is 11.6. The molecule has 6 nitrogen and oxygen atoms in total. The molecule has 0 aliphatic heterocycles. The highest BCUT2D eigenvalue weighted by molar-refractivity contribution is 7.89. The van der Waals surface area contributed by atoms with E-state index in [-0.39, 0.29) is 34.1 Å². The van der Waals surface area contributed by atoms with Gasteiger partial charge in [-0.25, -0.2) is 13.4 Å². The molecule has 9 heteroatoms. The molecular weight excluding hydrogens is 420 g/mol. The van der Waals surface area contributed by atoms with Crippen LogP contribution < -0.4 is 5.32 Å². The molecule has 2 aromatic heterocycles. The number of thiazole rings is 1. The number of rotatable bonds is 5. The fraction of sp³-hybridized carbons (Fsp3) is 0.368. The molecule has 146 valence electrons. The Morgan fingerprint density at radius 2 is 2.04 bits per heavy atom. The summed E-state index contributed by atoms with van der Waals surface area (Å²) in [5.74, 6) is -0.0954. The number of fused-ring (bicyclic) bond motifs is 1. The molecule has 3 aliphatic carbocycles. The number of amides is 1. The summed E-state index contributed by atoms with van der Waals surface area (Å²) < 4.78 is 29.2. The van der Waals surface area contributed by atoms with Crippen LogP contribution in [0.25, 0.3) is 10.2 Å². The Morgan fingerprint density at radius 1 is 1.29 bits per heavy atom. The predicted octanol–water partition coefficient (Wildman–Crippen LogP) is 3.69. The van der Waals surface area contributed by atoms with Gasteiger partial charge in [0.2, 0.25) is 0 Å².